The molecule has 12 nitrogen and oxygen atoms in total. The number of aromatic nitrogens is 4. The molecule has 0 radical (unpaired) electrons. The van der Waals surface area contributed by atoms with Crippen LogP contribution in [0.25, 0.3) is 22.8 Å². The zero-order chi connectivity index (χ0) is 62.9. The third kappa shape index (κ3) is 25.8. The second kappa shape index (κ2) is 44.6. The number of hydrogen-bond acceptors (Lipinski definition) is 14. The Labute approximate surface area is 645 Å². The summed E-state index contributed by atoms with van der Waals surface area (Å²) in [5.74, 6) is 1.59. The third-order valence-electron chi connectivity index (χ3n) is 11.6. The van der Waals surface area contributed by atoms with Gasteiger partial charge in [0.1, 0.15) is 44.6 Å². The number of benzene rings is 6. The molecular formula is C67H59Cl2F2IK2N4O8P2S2. The second-order valence-corrected chi connectivity index (χ2v) is 25.4. The Morgan fingerprint density at radius 1 is 0.556 bits per heavy atom. The molecule has 0 atom stereocenters. The molecule has 454 valence electrons. The summed E-state index contributed by atoms with van der Waals surface area (Å²) in [7, 11) is -1.59. The fraction of sp³-hybridized carbons (Fsp3) is 0.119. The van der Waals surface area contributed by atoms with Crippen molar-refractivity contribution in [1.82, 2.24) is 19.9 Å². The van der Waals surface area contributed by atoms with Crippen LogP contribution in [-0.4, -0.2) is 63.1 Å². The Morgan fingerprint density at radius 3 is 1.33 bits per heavy atom. The van der Waals surface area contributed by atoms with Crippen LogP contribution in [0.5, 0.6) is 11.5 Å². The summed E-state index contributed by atoms with van der Waals surface area (Å²) < 4.78 is 44.5. The number of carbonyl (C=O) groups excluding carboxylic acids is 3. The van der Waals surface area contributed by atoms with E-state index in [1.807, 2.05) is 0 Å². The van der Waals surface area contributed by atoms with Crippen LogP contribution in [0.2, 0.25) is 10.3 Å². The van der Waals surface area contributed by atoms with E-state index < -0.39 is 27.5 Å². The number of rotatable bonds is 19. The molecule has 0 saturated heterocycles. The van der Waals surface area contributed by atoms with Gasteiger partial charge in [-0.1, -0.05) is 181 Å². The maximum atomic E-state index is 13.9. The number of carbonyl (C=O) groups is 3. The first-order valence-corrected chi connectivity index (χ1v) is 33.2. The van der Waals surface area contributed by atoms with Crippen LogP contribution in [0.4, 0.5) is 8.78 Å². The van der Waals surface area contributed by atoms with Gasteiger partial charge >= 0.3 is 115 Å². The molecule has 4 aromatic heterocycles. The number of thioether (sulfide) groups is 1. The first-order chi connectivity index (χ1) is 42.9. The van der Waals surface area contributed by atoms with Crippen LogP contribution in [-0.2, 0) is 28.7 Å². The molecule has 23 heteroatoms. The molecule has 0 aliphatic rings. The van der Waals surface area contributed by atoms with Crippen LogP contribution in [0.1, 0.15) is 28.1 Å². The molecule has 0 aliphatic carbocycles. The van der Waals surface area contributed by atoms with E-state index in [-0.39, 0.29) is 146 Å². The molecule has 6 aromatic carbocycles. The molecule has 0 aliphatic heterocycles. The average Bonchev–Trinajstić information content (AvgIpc) is 0.939. The minimum atomic E-state index is -0.795. The third-order valence-corrected chi connectivity index (χ3v) is 19.1. The minimum Gasteiger partial charge on any atom is -1.00 e. The SMILES string of the molecule is CCOC(=O)CCS.CCOC(=O)CCSc1ccc(Cl)nc1-c1ncccc1F.Fc1cccnc1-c1nc(Cl)ccc1I.O=CO[O-].[H-].[K+].[K+].c1ccc(P(c2ccccc2)c2ccccc2Oc2ccccc2P(c2ccccc2)c2ccccc2)cc1. The van der Waals surface area contributed by atoms with Gasteiger partial charge in [0.15, 0.2) is 11.6 Å². The van der Waals surface area contributed by atoms with E-state index in [4.69, 9.17) is 42.7 Å². The molecule has 10 rings (SSSR count). The molecule has 10 aromatic rings. The Kier molecular flexibility index (Phi) is 39.0. The van der Waals surface area contributed by atoms with Crippen molar-refractivity contribution in [3.8, 4) is 34.3 Å². The Balaban J connectivity index is 0.000000351. The largest absolute Gasteiger partial charge is 1.00 e. The van der Waals surface area contributed by atoms with E-state index in [2.05, 4.69) is 235 Å². The Hall–Kier alpha value is -3.91. The van der Waals surface area contributed by atoms with Gasteiger partial charge in [0.25, 0.3) is 6.47 Å². The summed E-state index contributed by atoms with van der Waals surface area (Å²) >= 11 is 19.0. The second-order valence-electron chi connectivity index (χ2n) is 17.5. The summed E-state index contributed by atoms with van der Waals surface area (Å²) in [4.78, 5) is 49.9. The number of para-hydroxylation sites is 2. The van der Waals surface area contributed by atoms with Crippen LogP contribution >= 0.6 is 86.0 Å². The number of nitrogens with zero attached hydrogens (tertiary/aromatic N) is 4. The fourth-order valence-corrected chi connectivity index (χ4v) is 14.7. The molecular weight excluding hydrogens is 1430 g/mol. The minimum absolute atomic E-state index is 0. The van der Waals surface area contributed by atoms with Crippen molar-refractivity contribution in [3.63, 3.8) is 0 Å². The molecule has 4 heterocycles. The van der Waals surface area contributed by atoms with Gasteiger partial charge in [-0.25, -0.2) is 18.7 Å². The summed E-state index contributed by atoms with van der Waals surface area (Å²) in [5.41, 5.74) is 1.22. The van der Waals surface area contributed by atoms with Gasteiger partial charge in [0, 0.05) is 43.0 Å². The van der Waals surface area contributed by atoms with Gasteiger partial charge in [-0.05, 0) is 134 Å². The molecule has 0 spiro atoms. The van der Waals surface area contributed by atoms with Crippen LogP contribution in [0.15, 0.2) is 236 Å². The van der Waals surface area contributed by atoms with Crippen LogP contribution < -0.4 is 145 Å². The summed E-state index contributed by atoms with van der Waals surface area (Å²) in [6, 6.07) is 72.7. The van der Waals surface area contributed by atoms with Crippen molar-refractivity contribution in [1.29, 1.82) is 0 Å². The molecule has 90 heavy (non-hydrogen) atoms. The number of thiol groups is 1. The maximum absolute atomic E-state index is 13.9. The van der Waals surface area contributed by atoms with Gasteiger partial charge in [0.05, 0.1) is 26.1 Å². The molecule has 0 N–H and O–H groups in total. The number of halogens is 5. The molecule has 0 fully saturated rings. The average molecular weight is 1490 g/mol. The fourth-order valence-electron chi connectivity index (χ4n) is 7.95. The summed E-state index contributed by atoms with van der Waals surface area (Å²) in [6.07, 6.45) is 3.70. The van der Waals surface area contributed by atoms with Crippen molar-refractivity contribution in [2.45, 2.75) is 31.6 Å². The Bertz CT molecular complexity index is 3570. The van der Waals surface area contributed by atoms with E-state index >= 15 is 0 Å². The van der Waals surface area contributed by atoms with E-state index in [0.29, 0.717) is 52.6 Å². The predicted molar refractivity (Wildman–Crippen MR) is 363 cm³/mol. The van der Waals surface area contributed by atoms with Gasteiger partial charge < -0.3 is 25.8 Å². The van der Waals surface area contributed by atoms with Gasteiger partial charge in [-0.15, -0.1) is 11.8 Å². The number of hydrogen-bond donors (Lipinski definition) is 1. The van der Waals surface area contributed by atoms with Crippen molar-refractivity contribution >= 4 is 136 Å². The summed E-state index contributed by atoms with van der Waals surface area (Å²) in [6.45, 7) is 4.19. The van der Waals surface area contributed by atoms with Crippen molar-refractivity contribution < 1.29 is 152 Å². The van der Waals surface area contributed by atoms with E-state index in [1.165, 1.54) is 80.2 Å². The molecule has 0 unspecified atom stereocenters. The van der Waals surface area contributed by atoms with Crippen LogP contribution in [0.3, 0.4) is 0 Å². The predicted octanol–water partition coefficient (Wildman–Crippen LogP) is 7.94. The first-order valence-electron chi connectivity index (χ1n) is 27.0. The normalized spacial score (nSPS) is 10.1. The number of pyridine rings is 4. The number of ether oxygens (including phenoxy) is 3. The quantitative estimate of drug-likeness (QED) is 0.00795. The van der Waals surface area contributed by atoms with Gasteiger partial charge in [0.2, 0.25) is 0 Å². The smallest absolute Gasteiger partial charge is 1.00 e. The first kappa shape index (κ1) is 78.5. The van der Waals surface area contributed by atoms with E-state index in [0.717, 1.165) is 15.1 Å². The van der Waals surface area contributed by atoms with E-state index in [1.54, 1.807) is 38.1 Å². The maximum Gasteiger partial charge on any atom is 1.00 e. The standard InChI is InChI=1S/C36H28OP2.C15H14ClFN2O2S.C10H5ClFIN2.C5H10O2S.CH2O3.2K.H/c1-5-17-29(18-6-1)38(30-19-7-2-8-20-30)35-27-15-13-25-33(35)37-34-26-14-16-28-36(34)39(31-21-9-3-10-22-31)32-23-11-4-12-24-32;1-2-21-13(20)7-9-22-11-5-6-12(16)19-15(11)14-10(17)4-3-8-18-14;11-8-4-3-7(13)10(15-8)9-6(12)2-1-5-14-9;1-2-7-5(6)3-4-8;2-1-4-3;;;/h1-28H;3-6,8H,2,7,9H2,1H3;1-5H;8H,2-4H2,1H3;1,3H;;;/q;;;;;2*+1;-1/p-1. The topological polar surface area (TPSA) is 163 Å². The van der Waals surface area contributed by atoms with Crippen LogP contribution in [0, 0.1) is 15.2 Å². The summed E-state index contributed by atoms with van der Waals surface area (Å²) in [5, 5.41) is 16.7. The zero-order valence-corrected chi connectivity index (χ0v) is 62.9. The monoisotopic (exact) mass is 1490 g/mol. The van der Waals surface area contributed by atoms with E-state index in [9.17, 15) is 18.4 Å². The molecule has 0 saturated carbocycles. The van der Waals surface area contributed by atoms with Crippen molar-refractivity contribution in [2.75, 3.05) is 24.7 Å². The van der Waals surface area contributed by atoms with Gasteiger partial charge in [-0.2, -0.15) is 12.6 Å². The van der Waals surface area contributed by atoms with Gasteiger partial charge in [-0.3, -0.25) is 24.4 Å². The molecule has 0 amide bonds. The Morgan fingerprint density at radius 2 is 0.933 bits per heavy atom. The van der Waals surface area contributed by atoms with Crippen molar-refractivity contribution in [3.05, 3.63) is 256 Å². The molecule has 0 bridgehead atoms. The zero-order valence-electron chi connectivity index (χ0n) is 50.5. The van der Waals surface area contributed by atoms with Crippen molar-refractivity contribution in [2.24, 2.45) is 0 Å². The number of esters is 2.